The Morgan fingerprint density at radius 1 is 1.13 bits per heavy atom. The first-order chi connectivity index (χ1) is 14.1. The molecule has 3 rings (SSSR count). The second-order valence-electron chi connectivity index (χ2n) is 6.87. The maximum atomic E-state index is 13.0. The molecule has 0 radical (unpaired) electrons. The molecule has 0 unspecified atom stereocenters. The fourth-order valence-electron chi connectivity index (χ4n) is 3.22. The Balaban J connectivity index is 1.84. The number of nitrogens with two attached hydrogens (primary N) is 1. The highest BCUT2D eigenvalue weighted by Gasteiger charge is 2.35. The van der Waals surface area contributed by atoms with Crippen LogP contribution < -0.4 is 20.3 Å². The van der Waals surface area contributed by atoms with Crippen molar-refractivity contribution in [1.82, 2.24) is 9.78 Å². The number of aryl methyl sites for hydroxylation is 2. The summed E-state index contributed by atoms with van der Waals surface area (Å²) < 4.78 is 51.3. The standard InChI is InChI=1S/C21H23F3N4O2/c1-13-10-14(16-11-20(21(22,23)24)28(3)26-16)8-9-18(13)30-12-15-17(27(2)25)6-5-7-19(15)29-4/h5-11H,12,25H2,1-4H3. The molecule has 2 aromatic carbocycles. The molecule has 0 bridgehead atoms. The number of hydrogen-bond acceptors (Lipinski definition) is 5. The lowest BCUT2D eigenvalue weighted by Crippen LogP contribution is -2.26. The van der Waals surface area contributed by atoms with E-state index in [0.29, 0.717) is 17.1 Å². The number of methoxy groups -OCH3 is 1. The molecule has 1 heterocycles. The maximum Gasteiger partial charge on any atom is 0.433 e. The zero-order valence-corrected chi connectivity index (χ0v) is 17.1. The van der Waals surface area contributed by atoms with E-state index in [1.807, 2.05) is 25.1 Å². The topological polar surface area (TPSA) is 65.5 Å². The number of alkyl halides is 3. The molecule has 1 aromatic heterocycles. The molecule has 0 aliphatic carbocycles. The van der Waals surface area contributed by atoms with Crippen molar-refractivity contribution in [2.75, 3.05) is 19.2 Å². The normalized spacial score (nSPS) is 11.5. The van der Waals surface area contributed by atoms with Crippen molar-refractivity contribution in [2.45, 2.75) is 19.7 Å². The van der Waals surface area contributed by atoms with Crippen LogP contribution in [-0.2, 0) is 19.8 Å². The van der Waals surface area contributed by atoms with Crippen molar-refractivity contribution in [2.24, 2.45) is 12.9 Å². The molecule has 0 saturated heterocycles. The fourth-order valence-corrected chi connectivity index (χ4v) is 3.22. The third-order valence-electron chi connectivity index (χ3n) is 4.72. The van der Waals surface area contributed by atoms with E-state index < -0.39 is 11.9 Å². The lowest BCUT2D eigenvalue weighted by atomic mass is 10.1. The van der Waals surface area contributed by atoms with Crippen LogP contribution in [0.5, 0.6) is 11.5 Å². The summed E-state index contributed by atoms with van der Waals surface area (Å²) in [7, 11) is 4.57. The molecule has 0 spiro atoms. The van der Waals surface area contributed by atoms with Gasteiger partial charge in [0.05, 0.1) is 24.1 Å². The second kappa shape index (κ2) is 8.27. The van der Waals surface area contributed by atoms with Gasteiger partial charge in [-0.3, -0.25) is 4.68 Å². The Morgan fingerprint density at radius 3 is 2.43 bits per heavy atom. The monoisotopic (exact) mass is 420 g/mol. The number of rotatable bonds is 6. The average molecular weight is 420 g/mol. The predicted octanol–water partition coefficient (Wildman–Crippen LogP) is 4.31. The van der Waals surface area contributed by atoms with E-state index in [4.69, 9.17) is 15.3 Å². The Kier molecular flexibility index (Phi) is 5.93. The highest BCUT2D eigenvalue weighted by Crippen LogP contribution is 2.34. The third kappa shape index (κ3) is 4.35. The van der Waals surface area contributed by atoms with Crippen LogP contribution in [0.2, 0.25) is 0 Å². The summed E-state index contributed by atoms with van der Waals surface area (Å²) in [4.78, 5) is 0. The first kappa shape index (κ1) is 21.5. The van der Waals surface area contributed by atoms with Crippen molar-refractivity contribution in [3.63, 3.8) is 0 Å². The zero-order chi connectivity index (χ0) is 22.1. The van der Waals surface area contributed by atoms with Gasteiger partial charge in [-0.25, -0.2) is 5.84 Å². The number of hydrazine groups is 1. The highest BCUT2D eigenvalue weighted by atomic mass is 19.4. The van der Waals surface area contributed by atoms with Gasteiger partial charge < -0.3 is 14.5 Å². The smallest absolute Gasteiger partial charge is 0.433 e. The Hall–Kier alpha value is -3.20. The number of hydrogen-bond donors (Lipinski definition) is 1. The molecule has 30 heavy (non-hydrogen) atoms. The number of aromatic nitrogens is 2. The molecule has 0 saturated carbocycles. The van der Waals surface area contributed by atoms with E-state index in [-0.39, 0.29) is 12.3 Å². The molecule has 0 fully saturated rings. The van der Waals surface area contributed by atoms with Crippen LogP contribution in [0, 0.1) is 6.92 Å². The first-order valence-corrected chi connectivity index (χ1v) is 9.11. The number of benzene rings is 2. The maximum absolute atomic E-state index is 13.0. The molecular weight excluding hydrogens is 397 g/mol. The fraction of sp³-hybridized carbons (Fsp3) is 0.286. The van der Waals surface area contributed by atoms with E-state index in [1.165, 1.54) is 12.1 Å². The van der Waals surface area contributed by atoms with Crippen LogP contribution in [0.15, 0.2) is 42.5 Å². The van der Waals surface area contributed by atoms with Gasteiger partial charge in [0.15, 0.2) is 0 Å². The highest BCUT2D eigenvalue weighted by molar-refractivity contribution is 5.63. The van der Waals surface area contributed by atoms with Gasteiger partial charge >= 0.3 is 6.18 Å². The Morgan fingerprint density at radius 2 is 1.87 bits per heavy atom. The van der Waals surface area contributed by atoms with Gasteiger partial charge in [0.1, 0.15) is 23.8 Å². The number of halogens is 3. The van der Waals surface area contributed by atoms with Crippen molar-refractivity contribution < 1.29 is 22.6 Å². The molecule has 0 aliphatic rings. The summed E-state index contributed by atoms with van der Waals surface area (Å²) in [6.45, 7) is 2.04. The number of ether oxygens (including phenoxy) is 2. The Labute approximate surface area is 172 Å². The van der Waals surface area contributed by atoms with Crippen molar-refractivity contribution in [3.8, 4) is 22.8 Å². The van der Waals surface area contributed by atoms with Crippen LogP contribution in [-0.4, -0.2) is 23.9 Å². The van der Waals surface area contributed by atoms with Gasteiger partial charge in [-0.15, -0.1) is 0 Å². The zero-order valence-electron chi connectivity index (χ0n) is 17.1. The van der Waals surface area contributed by atoms with Crippen LogP contribution in [0.3, 0.4) is 0 Å². The van der Waals surface area contributed by atoms with Crippen LogP contribution in [0.25, 0.3) is 11.3 Å². The van der Waals surface area contributed by atoms with Gasteiger partial charge in [-0.05, 0) is 48.9 Å². The van der Waals surface area contributed by atoms with Crippen LogP contribution in [0.4, 0.5) is 18.9 Å². The van der Waals surface area contributed by atoms with E-state index in [1.54, 1.807) is 32.4 Å². The lowest BCUT2D eigenvalue weighted by Gasteiger charge is -2.20. The van der Waals surface area contributed by atoms with Gasteiger partial charge in [0.25, 0.3) is 0 Å². The molecular formula is C21H23F3N4O2. The van der Waals surface area contributed by atoms with Gasteiger partial charge in [0, 0.05) is 19.7 Å². The summed E-state index contributed by atoms with van der Waals surface area (Å²) >= 11 is 0. The first-order valence-electron chi connectivity index (χ1n) is 9.11. The van der Waals surface area contributed by atoms with E-state index in [0.717, 1.165) is 27.6 Å². The molecule has 2 N–H and O–H groups in total. The molecule has 0 atom stereocenters. The van der Waals surface area contributed by atoms with Gasteiger partial charge in [-0.1, -0.05) is 6.07 Å². The quantitative estimate of drug-likeness (QED) is 0.476. The van der Waals surface area contributed by atoms with Crippen molar-refractivity contribution >= 4 is 5.69 Å². The van der Waals surface area contributed by atoms with Gasteiger partial charge in [-0.2, -0.15) is 18.3 Å². The average Bonchev–Trinajstić information content (AvgIpc) is 3.08. The second-order valence-corrected chi connectivity index (χ2v) is 6.87. The lowest BCUT2D eigenvalue weighted by molar-refractivity contribution is -0.143. The summed E-state index contributed by atoms with van der Waals surface area (Å²) in [5, 5.41) is 5.47. The van der Waals surface area contributed by atoms with E-state index in [9.17, 15) is 13.2 Å². The summed E-state index contributed by atoms with van der Waals surface area (Å²) in [6.07, 6.45) is -4.46. The van der Waals surface area contributed by atoms with Crippen molar-refractivity contribution in [1.29, 1.82) is 0 Å². The molecule has 160 valence electrons. The minimum atomic E-state index is -4.46. The van der Waals surface area contributed by atoms with Crippen LogP contribution in [0.1, 0.15) is 16.8 Å². The largest absolute Gasteiger partial charge is 0.496 e. The van der Waals surface area contributed by atoms with Crippen molar-refractivity contribution in [3.05, 3.63) is 59.3 Å². The SMILES string of the molecule is COc1cccc(N(C)N)c1COc1ccc(-c2cc(C(F)(F)F)n(C)n2)cc1C. The molecule has 0 amide bonds. The summed E-state index contributed by atoms with van der Waals surface area (Å²) in [5.41, 5.74) is 2.33. The molecule has 6 nitrogen and oxygen atoms in total. The van der Waals surface area contributed by atoms with Gasteiger partial charge in [0.2, 0.25) is 0 Å². The molecule has 0 aliphatic heterocycles. The third-order valence-corrected chi connectivity index (χ3v) is 4.72. The van der Waals surface area contributed by atoms with Crippen LogP contribution >= 0.6 is 0 Å². The summed E-state index contributed by atoms with van der Waals surface area (Å²) in [5.74, 6) is 7.14. The van der Waals surface area contributed by atoms with E-state index >= 15 is 0 Å². The predicted molar refractivity (Wildman–Crippen MR) is 108 cm³/mol. The number of anilines is 1. The summed E-state index contributed by atoms with van der Waals surface area (Å²) in [6, 6.07) is 11.7. The minimum Gasteiger partial charge on any atom is -0.496 e. The minimum absolute atomic E-state index is 0.211. The number of nitrogens with zero attached hydrogens (tertiary/aromatic N) is 3. The molecule has 3 aromatic rings. The Bertz CT molecular complexity index is 1050. The molecule has 9 heteroatoms. The van der Waals surface area contributed by atoms with E-state index in [2.05, 4.69) is 5.10 Å².